The van der Waals surface area contributed by atoms with Crippen molar-refractivity contribution in [3.63, 3.8) is 0 Å². The highest BCUT2D eigenvalue weighted by Crippen LogP contribution is 2.29. The van der Waals surface area contributed by atoms with Crippen molar-refractivity contribution < 1.29 is 9.18 Å². The van der Waals surface area contributed by atoms with Crippen LogP contribution < -0.4 is 5.32 Å². The van der Waals surface area contributed by atoms with Crippen molar-refractivity contribution in [1.82, 2.24) is 20.1 Å². The monoisotopic (exact) mass is 452 g/mol. The Bertz CT molecular complexity index is 1040. The molecule has 1 aliphatic rings. The molecule has 0 aliphatic heterocycles. The summed E-state index contributed by atoms with van der Waals surface area (Å²) >= 11 is 1.33. The summed E-state index contributed by atoms with van der Waals surface area (Å²) in [5.74, 6) is 0.325. The molecule has 1 N–H and O–H groups in total. The van der Waals surface area contributed by atoms with E-state index in [9.17, 15) is 9.18 Å². The van der Waals surface area contributed by atoms with E-state index in [-0.39, 0.29) is 23.5 Å². The highest BCUT2D eigenvalue weighted by molar-refractivity contribution is 7.99. The molecule has 0 radical (unpaired) electrons. The highest BCUT2D eigenvalue weighted by atomic mass is 32.2. The zero-order chi connectivity index (χ0) is 22.3. The normalized spacial score (nSPS) is 15.2. The Hall–Kier alpha value is -2.67. The van der Waals surface area contributed by atoms with Crippen LogP contribution in [0, 0.1) is 12.7 Å². The summed E-state index contributed by atoms with van der Waals surface area (Å²) in [4.78, 5) is 12.7. The molecule has 0 spiro atoms. The van der Waals surface area contributed by atoms with Gasteiger partial charge < -0.3 is 5.32 Å². The van der Waals surface area contributed by atoms with Gasteiger partial charge in [-0.2, -0.15) is 0 Å². The molecule has 1 saturated carbocycles. The van der Waals surface area contributed by atoms with Crippen molar-refractivity contribution in [1.29, 1.82) is 0 Å². The summed E-state index contributed by atoms with van der Waals surface area (Å²) in [7, 11) is 0. The van der Waals surface area contributed by atoms with Crippen molar-refractivity contribution in [2.24, 2.45) is 0 Å². The van der Waals surface area contributed by atoms with Gasteiger partial charge >= 0.3 is 0 Å². The van der Waals surface area contributed by atoms with Crippen LogP contribution in [0.4, 0.5) is 4.39 Å². The first-order valence-electron chi connectivity index (χ1n) is 11.3. The Labute approximate surface area is 192 Å². The fourth-order valence-corrected chi connectivity index (χ4v) is 4.87. The lowest BCUT2D eigenvalue weighted by Crippen LogP contribution is -2.36. The Balaban J connectivity index is 1.54. The van der Waals surface area contributed by atoms with Crippen LogP contribution in [0.3, 0.4) is 0 Å². The van der Waals surface area contributed by atoms with Crippen LogP contribution in [0.1, 0.15) is 50.5 Å². The van der Waals surface area contributed by atoms with Crippen LogP contribution in [0.2, 0.25) is 0 Å². The number of hydrogen-bond acceptors (Lipinski definition) is 4. The average Bonchev–Trinajstić information content (AvgIpc) is 3.18. The van der Waals surface area contributed by atoms with Gasteiger partial charge in [-0.05, 0) is 44.0 Å². The minimum Gasteiger partial charge on any atom is -0.353 e. The molecule has 3 aromatic rings. The van der Waals surface area contributed by atoms with Crippen molar-refractivity contribution in [2.75, 3.05) is 5.75 Å². The van der Waals surface area contributed by atoms with Gasteiger partial charge in [0.05, 0.1) is 11.3 Å². The zero-order valence-corrected chi connectivity index (χ0v) is 19.2. The minimum absolute atomic E-state index is 0.00599. The number of benzene rings is 2. The average molecular weight is 453 g/mol. The highest BCUT2D eigenvalue weighted by Gasteiger charge is 2.20. The van der Waals surface area contributed by atoms with E-state index in [1.807, 2.05) is 35.8 Å². The Kier molecular flexibility index (Phi) is 7.58. The second kappa shape index (κ2) is 10.8. The van der Waals surface area contributed by atoms with Crippen LogP contribution in [-0.2, 0) is 4.79 Å². The molecule has 1 heterocycles. The van der Waals surface area contributed by atoms with Crippen LogP contribution in [0.25, 0.3) is 17.1 Å². The fourth-order valence-electron chi connectivity index (χ4n) is 4.11. The van der Waals surface area contributed by atoms with E-state index >= 15 is 0 Å². The maximum atomic E-state index is 14.5. The summed E-state index contributed by atoms with van der Waals surface area (Å²) in [5.41, 5.74) is 2.34. The van der Waals surface area contributed by atoms with Gasteiger partial charge in [-0.1, -0.05) is 73.7 Å². The van der Waals surface area contributed by atoms with Crippen LogP contribution in [0.5, 0.6) is 0 Å². The predicted molar refractivity (Wildman–Crippen MR) is 126 cm³/mol. The van der Waals surface area contributed by atoms with Crippen LogP contribution in [0.15, 0.2) is 53.7 Å². The van der Waals surface area contributed by atoms with E-state index in [2.05, 4.69) is 15.5 Å². The SMILES string of the molecule is Cc1ccc(-n2c(SCC(=O)NC3CCCCCCC3)nnc2-c2ccccc2F)cc1. The lowest BCUT2D eigenvalue weighted by Gasteiger charge is -2.21. The van der Waals surface area contributed by atoms with Gasteiger partial charge in [0.2, 0.25) is 5.91 Å². The van der Waals surface area contributed by atoms with Gasteiger partial charge in [0.15, 0.2) is 11.0 Å². The largest absolute Gasteiger partial charge is 0.353 e. The molecule has 4 rings (SSSR count). The molecular formula is C25H29FN4OS. The van der Waals surface area contributed by atoms with Gasteiger partial charge in [-0.3, -0.25) is 9.36 Å². The molecule has 0 unspecified atom stereocenters. The molecule has 168 valence electrons. The minimum atomic E-state index is -0.355. The number of aryl methyl sites for hydroxylation is 1. The number of nitrogens with zero attached hydrogens (tertiary/aromatic N) is 3. The number of hydrogen-bond donors (Lipinski definition) is 1. The van der Waals surface area contributed by atoms with E-state index in [0.29, 0.717) is 16.5 Å². The Morgan fingerprint density at radius 3 is 2.44 bits per heavy atom. The quantitative estimate of drug-likeness (QED) is 0.487. The Morgan fingerprint density at radius 1 is 1.03 bits per heavy atom. The fraction of sp³-hybridized carbons (Fsp3) is 0.400. The summed E-state index contributed by atoms with van der Waals surface area (Å²) in [6.45, 7) is 2.02. The van der Waals surface area contributed by atoms with Crippen molar-refractivity contribution >= 4 is 17.7 Å². The number of aromatic nitrogens is 3. The van der Waals surface area contributed by atoms with Gasteiger partial charge in [0.1, 0.15) is 5.82 Å². The Morgan fingerprint density at radius 2 is 1.72 bits per heavy atom. The third-order valence-electron chi connectivity index (χ3n) is 5.84. The molecule has 0 atom stereocenters. The maximum Gasteiger partial charge on any atom is 0.230 e. The second-order valence-electron chi connectivity index (χ2n) is 8.36. The van der Waals surface area contributed by atoms with Crippen molar-refractivity contribution in [3.05, 3.63) is 59.9 Å². The molecule has 32 heavy (non-hydrogen) atoms. The molecule has 1 fully saturated rings. The molecule has 0 bridgehead atoms. The second-order valence-corrected chi connectivity index (χ2v) is 9.30. The van der Waals surface area contributed by atoms with Gasteiger partial charge in [-0.15, -0.1) is 10.2 Å². The molecular weight excluding hydrogens is 423 g/mol. The molecule has 5 nitrogen and oxygen atoms in total. The molecule has 2 aromatic carbocycles. The smallest absolute Gasteiger partial charge is 0.230 e. The zero-order valence-electron chi connectivity index (χ0n) is 18.4. The number of nitrogens with one attached hydrogen (secondary N) is 1. The number of carbonyl (C=O) groups excluding carboxylic acids is 1. The van der Waals surface area contributed by atoms with Crippen molar-refractivity contribution in [3.8, 4) is 17.1 Å². The third kappa shape index (κ3) is 5.57. The van der Waals surface area contributed by atoms with E-state index in [1.54, 1.807) is 18.2 Å². The molecule has 7 heteroatoms. The molecule has 1 amide bonds. The van der Waals surface area contributed by atoms with E-state index in [4.69, 9.17) is 0 Å². The first-order chi connectivity index (χ1) is 15.6. The number of amides is 1. The number of halogens is 1. The van der Waals surface area contributed by atoms with Gasteiger partial charge in [-0.25, -0.2) is 4.39 Å². The van der Waals surface area contributed by atoms with Crippen LogP contribution in [-0.4, -0.2) is 32.5 Å². The third-order valence-corrected chi connectivity index (χ3v) is 6.77. The number of rotatable bonds is 6. The first kappa shape index (κ1) is 22.5. The van der Waals surface area contributed by atoms with E-state index in [0.717, 1.165) is 24.1 Å². The molecule has 0 saturated heterocycles. The molecule has 1 aliphatic carbocycles. The van der Waals surface area contributed by atoms with Crippen molar-refractivity contribution in [2.45, 2.75) is 63.1 Å². The number of carbonyl (C=O) groups is 1. The predicted octanol–water partition coefficient (Wildman–Crippen LogP) is 5.70. The summed E-state index contributed by atoms with van der Waals surface area (Å²) < 4.78 is 16.4. The summed E-state index contributed by atoms with van der Waals surface area (Å²) in [6.07, 6.45) is 8.24. The van der Waals surface area contributed by atoms with Gasteiger partial charge in [0.25, 0.3) is 0 Å². The maximum absolute atomic E-state index is 14.5. The van der Waals surface area contributed by atoms with E-state index < -0.39 is 0 Å². The standard InChI is InChI=1S/C25H29FN4OS/c1-18-13-15-20(16-14-18)30-24(21-11-7-8-12-22(21)26)28-29-25(30)32-17-23(31)27-19-9-5-3-2-4-6-10-19/h7-8,11-16,19H,2-6,9-10,17H2,1H3,(H,27,31). The first-order valence-corrected chi connectivity index (χ1v) is 12.3. The van der Waals surface area contributed by atoms with Gasteiger partial charge in [0, 0.05) is 11.7 Å². The number of thioether (sulfide) groups is 1. The van der Waals surface area contributed by atoms with Crippen LogP contribution >= 0.6 is 11.8 Å². The summed E-state index contributed by atoms with van der Waals surface area (Å²) in [5, 5.41) is 12.4. The van der Waals surface area contributed by atoms with E-state index in [1.165, 1.54) is 49.9 Å². The summed E-state index contributed by atoms with van der Waals surface area (Å²) in [6, 6.07) is 14.7. The lowest BCUT2D eigenvalue weighted by atomic mass is 9.97. The molecule has 1 aromatic heterocycles. The lowest BCUT2D eigenvalue weighted by molar-refractivity contribution is -0.119. The topological polar surface area (TPSA) is 59.8 Å².